The Kier molecular flexibility index (Phi) is 8.00. The van der Waals surface area contributed by atoms with Gasteiger partial charge in [0.1, 0.15) is 17.0 Å². The monoisotopic (exact) mass is 550 g/mol. The summed E-state index contributed by atoms with van der Waals surface area (Å²) in [5.41, 5.74) is -1.72. The number of carbonyl (C=O) groups excluding carboxylic acids is 1. The molecule has 5 atom stereocenters. The molecule has 2 aliphatic rings. The third kappa shape index (κ3) is 4.91. The minimum atomic E-state index is -1.60. The van der Waals surface area contributed by atoms with Crippen molar-refractivity contribution in [2.75, 3.05) is 13.2 Å². The van der Waals surface area contributed by atoms with Crippen molar-refractivity contribution < 1.29 is 23.8 Å². The normalized spacial score (nSPS) is 27.6. The summed E-state index contributed by atoms with van der Waals surface area (Å²) in [5, 5.41) is 29.7. The van der Waals surface area contributed by atoms with Gasteiger partial charge in [0.05, 0.1) is 29.8 Å². The molecular weight excluding hydrogens is 521 g/mol. The second-order valence-electron chi connectivity index (χ2n) is 10.9. The van der Waals surface area contributed by atoms with E-state index in [9.17, 15) is 15.2 Å². The van der Waals surface area contributed by atoms with Crippen molar-refractivity contribution in [3.05, 3.63) is 69.2 Å². The number of hydrogen-bond donors (Lipinski definition) is 2. The van der Waals surface area contributed by atoms with Crippen LogP contribution in [0.1, 0.15) is 56.6 Å². The fraction of sp³-hybridized carbons (Fsp3) is 0.500. The number of halogens is 4. The number of aliphatic hydroxyl groups is 2. The van der Waals surface area contributed by atoms with E-state index in [1.54, 1.807) is 6.07 Å². The van der Waals surface area contributed by atoms with Crippen molar-refractivity contribution in [3.8, 4) is 6.07 Å². The minimum absolute atomic E-state index is 0.0503. The van der Waals surface area contributed by atoms with Gasteiger partial charge in [-0.2, -0.15) is 5.26 Å². The SMILES string of the molecule is CC1(C)C[C@@H]2N(C1)[C@@H](C(=O)CCC[C@H](O)CO)[C@H](c1cccc(Cl)c1F)[C@@]2(C#N)c1ccc(Cl)cc1F. The van der Waals surface area contributed by atoms with Gasteiger partial charge in [0, 0.05) is 35.5 Å². The highest BCUT2D eigenvalue weighted by molar-refractivity contribution is 6.31. The molecule has 2 aromatic rings. The van der Waals surface area contributed by atoms with Gasteiger partial charge in [-0.15, -0.1) is 0 Å². The molecular formula is C28H30Cl2F2N2O3. The van der Waals surface area contributed by atoms with Gasteiger partial charge in [-0.1, -0.05) is 55.2 Å². The van der Waals surface area contributed by atoms with Crippen LogP contribution in [0, 0.1) is 28.4 Å². The molecule has 4 rings (SSSR count). The molecule has 2 aromatic carbocycles. The molecule has 0 radical (unpaired) electrons. The zero-order valence-corrected chi connectivity index (χ0v) is 22.2. The van der Waals surface area contributed by atoms with Crippen LogP contribution in [0.3, 0.4) is 0 Å². The number of Topliss-reactive ketones (excluding diaryl/α,β-unsaturated/α-hetero) is 1. The highest BCUT2D eigenvalue weighted by Gasteiger charge is 2.67. The Morgan fingerprint density at radius 3 is 2.65 bits per heavy atom. The zero-order chi connectivity index (χ0) is 27.1. The number of ketones is 1. The first kappa shape index (κ1) is 27.9. The van der Waals surface area contributed by atoms with Crippen LogP contribution in [0.15, 0.2) is 36.4 Å². The second-order valence-corrected chi connectivity index (χ2v) is 11.8. The van der Waals surface area contributed by atoms with E-state index in [0.29, 0.717) is 19.4 Å². The molecule has 2 fully saturated rings. The number of aliphatic hydroxyl groups excluding tert-OH is 2. The lowest BCUT2D eigenvalue weighted by molar-refractivity contribution is -0.124. The Morgan fingerprint density at radius 1 is 1.27 bits per heavy atom. The number of rotatable bonds is 8. The fourth-order valence-electron chi connectivity index (χ4n) is 6.35. The van der Waals surface area contributed by atoms with Crippen molar-refractivity contribution in [1.82, 2.24) is 4.90 Å². The first-order valence-corrected chi connectivity index (χ1v) is 13.1. The third-order valence-electron chi connectivity index (χ3n) is 7.83. The van der Waals surface area contributed by atoms with Gasteiger partial charge in [-0.3, -0.25) is 9.69 Å². The highest BCUT2D eigenvalue weighted by atomic mass is 35.5. The summed E-state index contributed by atoms with van der Waals surface area (Å²) in [6.45, 7) is 4.11. The quantitative estimate of drug-likeness (QED) is 0.460. The van der Waals surface area contributed by atoms with Gasteiger partial charge in [-0.25, -0.2) is 8.78 Å². The molecule has 9 heteroatoms. The molecule has 0 aliphatic carbocycles. The molecule has 5 nitrogen and oxygen atoms in total. The third-order valence-corrected chi connectivity index (χ3v) is 8.35. The van der Waals surface area contributed by atoms with E-state index in [4.69, 9.17) is 28.3 Å². The number of hydrogen-bond acceptors (Lipinski definition) is 5. The number of carbonyl (C=O) groups is 1. The van der Waals surface area contributed by atoms with Crippen molar-refractivity contribution in [3.63, 3.8) is 0 Å². The second kappa shape index (κ2) is 10.6. The molecule has 2 N–H and O–H groups in total. The van der Waals surface area contributed by atoms with Gasteiger partial charge in [0.2, 0.25) is 0 Å². The fourth-order valence-corrected chi connectivity index (χ4v) is 6.69. The first-order chi connectivity index (χ1) is 17.5. The standard InChI is InChI=1S/C28H30Cl2F2N2O3/c1-27(2)12-23-28(14-33,19-10-9-16(29)11-21(19)31)24(18-6-4-7-20(30)25(18)32)26(34(23)15-27)22(37)8-3-5-17(36)13-35/h4,6-7,9-11,17,23-24,26,35-36H,3,5,8,12-13,15H2,1-2H3/t17-,23-,24-,26-,28-/m0/s1. The summed E-state index contributed by atoms with van der Waals surface area (Å²) < 4.78 is 31.2. The molecule has 0 saturated carbocycles. The van der Waals surface area contributed by atoms with Crippen LogP contribution < -0.4 is 0 Å². The van der Waals surface area contributed by atoms with Crippen molar-refractivity contribution in [2.45, 2.75) is 69.1 Å². The lowest BCUT2D eigenvalue weighted by atomic mass is 9.62. The smallest absolute Gasteiger partial charge is 0.150 e. The van der Waals surface area contributed by atoms with E-state index >= 15 is 8.78 Å². The number of nitriles is 1. The zero-order valence-electron chi connectivity index (χ0n) is 20.7. The Hall–Kier alpha value is -2.08. The highest BCUT2D eigenvalue weighted by Crippen LogP contribution is 2.60. The Labute approximate surface area is 225 Å². The van der Waals surface area contributed by atoms with Crippen molar-refractivity contribution in [1.29, 1.82) is 5.26 Å². The van der Waals surface area contributed by atoms with Crippen molar-refractivity contribution in [2.24, 2.45) is 5.41 Å². The number of benzene rings is 2. The Balaban J connectivity index is 1.93. The summed E-state index contributed by atoms with van der Waals surface area (Å²) >= 11 is 12.2. The molecule has 2 saturated heterocycles. The maximum atomic E-state index is 15.6. The predicted molar refractivity (Wildman–Crippen MR) is 137 cm³/mol. The maximum Gasteiger partial charge on any atom is 0.150 e. The van der Waals surface area contributed by atoms with E-state index in [1.165, 1.54) is 24.3 Å². The van der Waals surface area contributed by atoms with Gasteiger partial charge in [0.25, 0.3) is 0 Å². The summed E-state index contributed by atoms with van der Waals surface area (Å²) in [5.74, 6) is -2.70. The maximum absolute atomic E-state index is 15.6. The van der Waals surface area contributed by atoms with Crippen LogP contribution in [-0.4, -0.2) is 52.2 Å². The molecule has 198 valence electrons. The lowest BCUT2D eigenvalue weighted by Crippen LogP contribution is -2.42. The van der Waals surface area contributed by atoms with Crippen molar-refractivity contribution >= 4 is 29.0 Å². The summed E-state index contributed by atoms with van der Waals surface area (Å²) in [6, 6.07) is 9.45. The summed E-state index contributed by atoms with van der Waals surface area (Å²) in [6.07, 6.45) is 0.119. The van der Waals surface area contributed by atoms with Crippen LogP contribution in [0.2, 0.25) is 10.0 Å². The summed E-state index contributed by atoms with van der Waals surface area (Å²) in [4.78, 5) is 15.8. The molecule has 37 heavy (non-hydrogen) atoms. The Morgan fingerprint density at radius 2 is 2.00 bits per heavy atom. The molecule has 0 spiro atoms. The minimum Gasteiger partial charge on any atom is -0.394 e. The molecule has 0 unspecified atom stereocenters. The van der Waals surface area contributed by atoms with E-state index in [0.717, 1.165) is 6.07 Å². The Bertz CT molecular complexity index is 1230. The molecule has 2 aliphatic heterocycles. The van der Waals surface area contributed by atoms with Crippen LogP contribution in [0.4, 0.5) is 8.78 Å². The van der Waals surface area contributed by atoms with Gasteiger partial charge in [-0.05, 0) is 48.4 Å². The van der Waals surface area contributed by atoms with Crippen LogP contribution in [-0.2, 0) is 10.2 Å². The first-order valence-electron chi connectivity index (χ1n) is 12.3. The number of nitrogens with zero attached hydrogens (tertiary/aromatic N) is 2. The van der Waals surface area contributed by atoms with Crippen LogP contribution in [0.5, 0.6) is 0 Å². The average Bonchev–Trinajstić information content (AvgIpc) is 3.29. The molecule has 0 amide bonds. The number of fused-ring (bicyclic) bond motifs is 1. The predicted octanol–water partition coefficient (Wildman–Crippen LogP) is 5.39. The van der Waals surface area contributed by atoms with E-state index in [1.807, 2.05) is 18.7 Å². The van der Waals surface area contributed by atoms with Crippen LogP contribution in [0.25, 0.3) is 0 Å². The lowest BCUT2D eigenvalue weighted by Gasteiger charge is -2.36. The molecule has 2 heterocycles. The molecule has 0 aromatic heterocycles. The summed E-state index contributed by atoms with van der Waals surface area (Å²) in [7, 11) is 0. The van der Waals surface area contributed by atoms with E-state index in [2.05, 4.69) is 6.07 Å². The molecule has 0 bridgehead atoms. The topological polar surface area (TPSA) is 84.6 Å². The van der Waals surface area contributed by atoms with E-state index in [-0.39, 0.29) is 45.2 Å². The van der Waals surface area contributed by atoms with Gasteiger partial charge >= 0.3 is 0 Å². The van der Waals surface area contributed by atoms with E-state index < -0.39 is 47.8 Å². The average molecular weight is 551 g/mol. The largest absolute Gasteiger partial charge is 0.394 e. The van der Waals surface area contributed by atoms with Crippen LogP contribution >= 0.6 is 23.2 Å². The van der Waals surface area contributed by atoms with Gasteiger partial charge in [0.15, 0.2) is 5.78 Å². The van der Waals surface area contributed by atoms with Gasteiger partial charge < -0.3 is 10.2 Å².